The van der Waals surface area contributed by atoms with Crippen LogP contribution in [-0.2, 0) is 24.1 Å². The van der Waals surface area contributed by atoms with Crippen LogP contribution >= 0.6 is 11.3 Å². The van der Waals surface area contributed by atoms with E-state index >= 15 is 0 Å². The quantitative estimate of drug-likeness (QED) is 0.547. The van der Waals surface area contributed by atoms with E-state index in [0.29, 0.717) is 12.8 Å². The molecule has 0 fully saturated rings. The van der Waals surface area contributed by atoms with Gasteiger partial charge in [0.15, 0.2) is 0 Å². The molecule has 4 aromatic heterocycles. The molecule has 0 spiro atoms. The zero-order valence-corrected chi connectivity index (χ0v) is 16.2. The minimum atomic E-state index is -0.714. The van der Waals surface area contributed by atoms with Crippen LogP contribution in [0.2, 0.25) is 0 Å². The van der Waals surface area contributed by atoms with Crippen molar-refractivity contribution >= 4 is 44.5 Å². The molecule has 0 saturated carbocycles. The average Bonchev–Trinajstić information content (AvgIpc) is 3.31. The third-order valence-electron chi connectivity index (χ3n) is 5.49. The fourth-order valence-electron chi connectivity index (χ4n) is 4.09. The average molecular weight is 393 g/mol. The highest BCUT2D eigenvalue weighted by Gasteiger charge is 2.29. The number of hydrogen-bond acceptors (Lipinski definition) is 6. The van der Waals surface area contributed by atoms with Gasteiger partial charge < -0.3 is 10.4 Å². The van der Waals surface area contributed by atoms with Crippen LogP contribution in [0.5, 0.6) is 0 Å². The first kappa shape index (κ1) is 17.1. The third kappa shape index (κ3) is 2.63. The molecule has 4 heterocycles. The molecule has 0 bridgehead atoms. The van der Waals surface area contributed by atoms with E-state index in [1.165, 1.54) is 11.1 Å². The molecule has 0 aliphatic heterocycles. The second-order valence-corrected chi connectivity index (χ2v) is 8.12. The number of carbonyl (C=O) groups is 1. The Balaban J connectivity index is 1.60. The van der Waals surface area contributed by atoms with Crippen LogP contribution in [0.4, 0.5) is 11.5 Å². The van der Waals surface area contributed by atoms with Crippen LogP contribution < -0.4 is 5.32 Å². The van der Waals surface area contributed by atoms with Crippen molar-refractivity contribution in [2.75, 3.05) is 5.32 Å². The summed E-state index contributed by atoms with van der Waals surface area (Å²) in [5.74, 6) is -0.232. The molecule has 1 aliphatic carbocycles. The first-order valence-corrected chi connectivity index (χ1v) is 10.2. The summed E-state index contributed by atoms with van der Waals surface area (Å²) < 4.78 is 1.87. The molecule has 0 saturated heterocycles. The highest BCUT2D eigenvalue weighted by atomic mass is 32.1. The number of hydrogen-bond donors (Lipinski definition) is 2. The molecule has 0 radical (unpaired) electrons. The number of aliphatic carboxylic acids is 1. The number of thiophene rings is 1. The van der Waals surface area contributed by atoms with E-state index in [4.69, 9.17) is 0 Å². The van der Waals surface area contributed by atoms with Gasteiger partial charge in [-0.25, -0.2) is 14.5 Å². The number of anilines is 2. The van der Waals surface area contributed by atoms with Crippen molar-refractivity contribution in [3.05, 3.63) is 46.9 Å². The lowest BCUT2D eigenvalue weighted by Gasteiger charge is -2.19. The predicted octanol–water partition coefficient (Wildman–Crippen LogP) is 3.83. The van der Waals surface area contributed by atoms with Crippen molar-refractivity contribution in [3.63, 3.8) is 0 Å². The van der Waals surface area contributed by atoms with Crippen LogP contribution in [0.15, 0.2) is 30.9 Å². The molecule has 5 rings (SSSR count). The van der Waals surface area contributed by atoms with Crippen LogP contribution in [0.25, 0.3) is 15.7 Å². The Kier molecular flexibility index (Phi) is 4.01. The molecule has 1 aliphatic rings. The number of nitrogens with zero attached hydrogens (tertiary/aromatic N) is 4. The van der Waals surface area contributed by atoms with Crippen molar-refractivity contribution in [1.29, 1.82) is 0 Å². The lowest BCUT2D eigenvalue weighted by atomic mass is 9.88. The second-order valence-electron chi connectivity index (χ2n) is 7.03. The molecule has 142 valence electrons. The monoisotopic (exact) mass is 393 g/mol. The fraction of sp³-hybridized carbons (Fsp3) is 0.300. The number of aryl methyl sites for hydroxylation is 2. The van der Waals surface area contributed by atoms with Crippen molar-refractivity contribution < 1.29 is 9.90 Å². The van der Waals surface area contributed by atoms with Gasteiger partial charge in [-0.15, -0.1) is 11.3 Å². The highest BCUT2D eigenvalue weighted by molar-refractivity contribution is 7.19. The van der Waals surface area contributed by atoms with E-state index in [9.17, 15) is 9.90 Å². The predicted molar refractivity (Wildman–Crippen MR) is 108 cm³/mol. The summed E-state index contributed by atoms with van der Waals surface area (Å²) in [6.45, 7) is 2.13. The molecular formula is C20H19N5O2S. The molecule has 28 heavy (non-hydrogen) atoms. The molecule has 0 aromatic carbocycles. The number of carboxylic acid groups (broad SMARTS) is 1. The summed E-state index contributed by atoms with van der Waals surface area (Å²) >= 11 is 1.59. The van der Waals surface area contributed by atoms with Crippen LogP contribution in [-0.4, -0.2) is 30.7 Å². The maximum Gasteiger partial charge on any atom is 0.306 e. The Labute approximate surface area is 165 Å². The van der Waals surface area contributed by atoms with Crippen LogP contribution in [0, 0.1) is 5.92 Å². The normalized spacial score (nSPS) is 16.4. The smallest absolute Gasteiger partial charge is 0.306 e. The van der Waals surface area contributed by atoms with E-state index in [1.807, 2.05) is 22.8 Å². The highest BCUT2D eigenvalue weighted by Crippen LogP contribution is 2.40. The summed E-state index contributed by atoms with van der Waals surface area (Å²) in [5, 5.41) is 18.2. The number of aromatic nitrogens is 4. The van der Waals surface area contributed by atoms with E-state index in [1.54, 1.807) is 23.9 Å². The lowest BCUT2D eigenvalue weighted by molar-refractivity contribution is -0.142. The summed E-state index contributed by atoms with van der Waals surface area (Å²) in [6.07, 6.45) is 8.16. The van der Waals surface area contributed by atoms with E-state index in [-0.39, 0.29) is 5.92 Å². The van der Waals surface area contributed by atoms with Gasteiger partial charge in [-0.05, 0) is 43.4 Å². The number of nitrogens with one attached hydrogen (secondary N) is 1. The Morgan fingerprint density at radius 1 is 1.39 bits per heavy atom. The molecular weight excluding hydrogens is 374 g/mol. The van der Waals surface area contributed by atoms with Gasteiger partial charge >= 0.3 is 5.97 Å². The summed E-state index contributed by atoms with van der Waals surface area (Å²) in [4.78, 5) is 22.4. The fourth-order valence-corrected chi connectivity index (χ4v) is 5.35. The van der Waals surface area contributed by atoms with Gasteiger partial charge in [-0.3, -0.25) is 4.79 Å². The zero-order valence-electron chi connectivity index (χ0n) is 15.3. The second kappa shape index (κ2) is 6.56. The first-order valence-electron chi connectivity index (χ1n) is 9.36. The summed E-state index contributed by atoms with van der Waals surface area (Å²) in [7, 11) is 0. The number of fused-ring (bicyclic) bond motifs is 4. The molecule has 2 N–H and O–H groups in total. The van der Waals surface area contributed by atoms with Gasteiger partial charge in [0.2, 0.25) is 0 Å². The minimum Gasteiger partial charge on any atom is -0.481 e. The Bertz CT molecular complexity index is 1210. The third-order valence-corrected chi connectivity index (χ3v) is 6.65. The molecule has 4 aromatic rings. The Hall–Kier alpha value is -3.00. The molecule has 8 heteroatoms. The SMILES string of the molecule is CCc1c(Nc2ncnc3sc4c(c23)CCC(C(=O)O)C4)ccn2nccc12. The zero-order chi connectivity index (χ0) is 19.3. The number of carboxylic acids is 1. The van der Waals surface area contributed by atoms with Crippen LogP contribution in [0.1, 0.15) is 29.3 Å². The van der Waals surface area contributed by atoms with Gasteiger partial charge in [-0.1, -0.05) is 6.92 Å². The standard InChI is InChI=1S/C20H19N5O2S/c1-2-12-14(6-8-25-15(12)5-7-23-25)24-18-17-13-4-3-11(20(26)27)9-16(13)28-19(17)22-10-21-18/h5-8,10-11H,2-4,9H2,1H3,(H,26,27)(H,21,22,24). The van der Waals surface area contributed by atoms with Crippen molar-refractivity contribution in [3.8, 4) is 0 Å². The lowest BCUT2D eigenvalue weighted by Crippen LogP contribution is -2.21. The number of rotatable bonds is 4. The maximum atomic E-state index is 11.4. The van der Waals surface area contributed by atoms with Crippen LogP contribution in [0.3, 0.4) is 0 Å². The van der Waals surface area contributed by atoms with E-state index in [2.05, 4.69) is 27.3 Å². The first-order chi connectivity index (χ1) is 13.7. The molecule has 1 unspecified atom stereocenters. The summed E-state index contributed by atoms with van der Waals surface area (Å²) in [6, 6.07) is 4.03. The minimum absolute atomic E-state index is 0.305. The Morgan fingerprint density at radius 3 is 3.11 bits per heavy atom. The van der Waals surface area contributed by atoms with Gasteiger partial charge in [0, 0.05) is 28.5 Å². The van der Waals surface area contributed by atoms with Gasteiger partial charge in [0.05, 0.1) is 16.8 Å². The van der Waals surface area contributed by atoms with Gasteiger partial charge in [0.25, 0.3) is 0 Å². The Morgan fingerprint density at radius 2 is 2.29 bits per heavy atom. The van der Waals surface area contributed by atoms with Gasteiger partial charge in [-0.2, -0.15) is 5.10 Å². The van der Waals surface area contributed by atoms with Gasteiger partial charge in [0.1, 0.15) is 17.0 Å². The molecule has 7 nitrogen and oxygen atoms in total. The van der Waals surface area contributed by atoms with Crippen molar-refractivity contribution in [2.24, 2.45) is 5.92 Å². The van der Waals surface area contributed by atoms with Crippen molar-refractivity contribution in [2.45, 2.75) is 32.6 Å². The van der Waals surface area contributed by atoms with Crippen molar-refractivity contribution in [1.82, 2.24) is 19.6 Å². The summed E-state index contributed by atoms with van der Waals surface area (Å²) in [5.41, 5.74) is 4.47. The largest absolute Gasteiger partial charge is 0.481 e. The van der Waals surface area contributed by atoms with E-state index in [0.717, 1.165) is 45.0 Å². The van der Waals surface area contributed by atoms with E-state index < -0.39 is 5.97 Å². The number of pyridine rings is 1. The molecule has 0 amide bonds. The topological polar surface area (TPSA) is 92.4 Å². The maximum absolute atomic E-state index is 11.4. The molecule has 1 atom stereocenters.